The number of hydrogen-bond donors (Lipinski definition) is 1. The Hall–Kier alpha value is -5.22. The van der Waals surface area contributed by atoms with Crippen molar-refractivity contribution in [1.29, 1.82) is 0 Å². The van der Waals surface area contributed by atoms with Crippen molar-refractivity contribution in [1.82, 2.24) is 24.0 Å². The lowest BCUT2D eigenvalue weighted by molar-refractivity contribution is -0.113. The van der Waals surface area contributed by atoms with Crippen LogP contribution in [0.4, 0.5) is 11.5 Å². The number of nitrogen functional groups attached to an aromatic ring is 1. The van der Waals surface area contributed by atoms with Crippen LogP contribution in [0.1, 0.15) is 18.4 Å². The number of para-hydroxylation sites is 1. The maximum atomic E-state index is 14.1. The molecule has 0 spiro atoms. The average Bonchev–Trinajstić information content (AvgIpc) is 3.82. The van der Waals surface area contributed by atoms with Crippen molar-refractivity contribution < 1.29 is 9.53 Å². The number of hydrogen-bond acceptors (Lipinski definition) is 7. The number of benzene rings is 3. The van der Waals surface area contributed by atoms with E-state index in [4.69, 9.17) is 10.5 Å². The number of carbonyl (C=O) groups excluding carboxylic acids is 1. The Morgan fingerprint density at radius 2 is 1.77 bits per heavy atom. The Morgan fingerprint density at radius 3 is 2.51 bits per heavy atom. The number of nitrogens with two attached hydrogens (primary N) is 1. The fourth-order valence-electron chi connectivity index (χ4n) is 5.09. The second-order valence-corrected chi connectivity index (χ2v) is 10.7. The van der Waals surface area contributed by atoms with Gasteiger partial charge in [0.15, 0.2) is 11.5 Å². The van der Waals surface area contributed by atoms with Gasteiger partial charge in [-0.05, 0) is 80.9 Å². The van der Waals surface area contributed by atoms with Crippen LogP contribution in [0, 0.1) is 6.92 Å². The first-order chi connectivity index (χ1) is 20.8. The molecule has 1 amide bonds. The zero-order valence-electron chi connectivity index (χ0n) is 24.3. The Labute approximate surface area is 249 Å². The van der Waals surface area contributed by atoms with Crippen LogP contribution in [-0.4, -0.2) is 56.6 Å². The maximum absolute atomic E-state index is 14.1. The van der Waals surface area contributed by atoms with Gasteiger partial charge in [0.25, 0.3) is 0 Å². The summed E-state index contributed by atoms with van der Waals surface area (Å²) in [6.45, 7) is 2.64. The van der Waals surface area contributed by atoms with Gasteiger partial charge >= 0.3 is 5.69 Å². The van der Waals surface area contributed by atoms with Crippen molar-refractivity contribution >= 4 is 28.6 Å². The van der Waals surface area contributed by atoms with E-state index in [1.807, 2.05) is 61.5 Å². The zero-order chi connectivity index (χ0) is 30.1. The molecule has 2 N–H and O–H groups in total. The summed E-state index contributed by atoms with van der Waals surface area (Å²) in [6.07, 6.45) is 7.24. The molecule has 1 aliphatic carbocycles. The molecule has 10 heteroatoms. The Kier molecular flexibility index (Phi) is 7.52. The van der Waals surface area contributed by atoms with E-state index in [9.17, 15) is 9.59 Å². The van der Waals surface area contributed by atoms with Crippen LogP contribution in [0.15, 0.2) is 96.1 Å². The van der Waals surface area contributed by atoms with E-state index in [2.05, 4.69) is 21.9 Å². The minimum atomic E-state index is -0.368. The van der Waals surface area contributed by atoms with Gasteiger partial charge in [0, 0.05) is 31.4 Å². The molecule has 0 radical (unpaired) electrons. The van der Waals surface area contributed by atoms with E-state index in [1.54, 1.807) is 42.3 Å². The highest BCUT2D eigenvalue weighted by Gasteiger charge is 2.25. The van der Waals surface area contributed by atoms with Crippen LogP contribution in [0.2, 0.25) is 0 Å². The van der Waals surface area contributed by atoms with Crippen molar-refractivity contribution in [2.75, 3.05) is 31.3 Å². The molecule has 1 saturated carbocycles. The van der Waals surface area contributed by atoms with Crippen LogP contribution < -0.4 is 21.1 Å². The first-order valence-electron chi connectivity index (χ1n) is 14.1. The summed E-state index contributed by atoms with van der Waals surface area (Å²) < 4.78 is 9.03. The lowest BCUT2D eigenvalue weighted by atomic mass is 10.2. The largest absolute Gasteiger partial charge is 0.457 e. The van der Waals surface area contributed by atoms with Crippen molar-refractivity contribution in [2.45, 2.75) is 25.8 Å². The number of imidazole rings is 1. The topological polar surface area (TPSA) is 112 Å². The molecule has 0 bridgehead atoms. The molecule has 10 nitrogen and oxygen atoms in total. The number of aromatic nitrogens is 4. The van der Waals surface area contributed by atoms with E-state index in [-0.39, 0.29) is 17.4 Å². The number of ether oxygens (including phenoxy) is 1. The van der Waals surface area contributed by atoms with Gasteiger partial charge in [-0.25, -0.2) is 19.3 Å². The van der Waals surface area contributed by atoms with Crippen LogP contribution in [0.5, 0.6) is 11.5 Å². The lowest BCUT2D eigenvalue weighted by Crippen LogP contribution is -2.26. The minimum Gasteiger partial charge on any atom is -0.457 e. The summed E-state index contributed by atoms with van der Waals surface area (Å²) in [5, 5.41) is 0. The maximum Gasteiger partial charge on any atom is 0.339 e. The van der Waals surface area contributed by atoms with E-state index < -0.39 is 0 Å². The van der Waals surface area contributed by atoms with Crippen molar-refractivity contribution in [3.05, 3.63) is 107 Å². The molecule has 43 heavy (non-hydrogen) atoms. The smallest absolute Gasteiger partial charge is 0.339 e. The lowest BCUT2D eigenvalue weighted by Gasteiger charge is -2.17. The van der Waals surface area contributed by atoms with Gasteiger partial charge in [0.1, 0.15) is 23.3 Å². The molecular formula is C33H33N7O3. The summed E-state index contributed by atoms with van der Waals surface area (Å²) in [4.78, 5) is 39.4. The highest BCUT2D eigenvalue weighted by molar-refractivity contribution is 6.01. The zero-order valence-corrected chi connectivity index (χ0v) is 24.3. The minimum absolute atomic E-state index is 0.157. The van der Waals surface area contributed by atoms with E-state index in [0.29, 0.717) is 45.8 Å². The predicted octanol–water partition coefficient (Wildman–Crippen LogP) is 4.87. The Bertz CT molecular complexity index is 1890. The van der Waals surface area contributed by atoms with Crippen LogP contribution in [0.25, 0.3) is 22.5 Å². The highest BCUT2D eigenvalue weighted by Crippen LogP contribution is 2.30. The number of rotatable bonds is 9. The highest BCUT2D eigenvalue weighted by atomic mass is 16.5. The normalized spacial score (nSPS) is 13.2. The standard InChI is InChI=1S/C33H33N7O3/c1-22-19-26(16-17-28(22)43-27-11-5-4-6-12-27)39-30-31(34)35-21-36-32(30)40(33(39)42)25-10-7-9-24(20-25)38(3)29(41)13-8-18-37(2)23-14-15-23/h4-13,16-17,19-21,23H,14-15,18H2,1-3H3,(H2,34,35,36)/b13-8+. The molecule has 218 valence electrons. The van der Waals surface area contributed by atoms with Gasteiger partial charge < -0.3 is 15.4 Å². The number of amides is 1. The van der Waals surface area contributed by atoms with Gasteiger partial charge in [0.05, 0.1) is 11.4 Å². The number of carbonyl (C=O) groups is 1. The number of nitrogens with zero attached hydrogens (tertiary/aromatic N) is 6. The van der Waals surface area contributed by atoms with Gasteiger partial charge in [-0.3, -0.25) is 14.3 Å². The molecule has 0 aliphatic heterocycles. The molecule has 1 aliphatic rings. The third kappa shape index (κ3) is 5.64. The second-order valence-electron chi connectivity index (χ2n) is 10.7. The molecule has 0 unspecified atom stereocenters. The molecule has 0 atom stereocenters. The van der Waals surface area contributed by atoms with Gasteiger partial charge in [-0.2, -0.15) is 0 Å². The van der Waals surface area contributed by atoms with Crippen molar-refractivity contribution in [3.8, 4) is 22.9 Å². The monoisotopic (exact) mass is 575 g/mol. The van der Waals surface area contributed by atoms with Crippen molar-refractivity contribution in [3.63, 3.8) is 0 Å². The summed E-state index contributed by atoms with van der Waals surface area (Å²) >= 11 is 0. The molecule has 2 heterocycles. The summed E-state index contributed by atoms with van der Waals surface area (Å²) in [6, 6.07) is 22.8. The quantitative estimate of drug-likeness (QED) is 0.250. The molecule has 0 saturated heterocycles. The molecule has 6 rings (SSSR count). The van der Waals surface area contributed by atoms with Crippen LogP contribution in [-0.2, 0) is 4.79 Å². The van der Waals surface area contributed by atoms with E-state index >= 15 is 0 Å². The Balaban J connectivity index is 1.35. The molecule has 2 aromatic heterocycles. The number of likely N-dealkylation sites (N-methyl/N-ethyl adjacent to an activating group) is 2. The second kappa shape index (κ2) is 11.6. The van der Waals surface area contributed by atoms with Crippen molar-refractivity contribution in [2.24, 2.45) is 0 Å². The molecule has 3 aromatic carbocycles. The van der Waals surface area contributed by atoms with Gasteiger partial charge in [-0.1, -0.05) is 30.3 Å². The predicted molar refractivity (Wildman–Crippen MR) is 168 cm³/mol. The first-order valence-corrected chi connectivity index (χ1v) is 14.1. The Morgan fingerprint density at radius 1 is 1.00 bits per heavy atom. The average molecular weight is 576 g/mol. The summed E-state index contributed by atoms with van der Waals surface area (Å²) in [5.74, 6) is 1.41. The van der Waals surface area contributed by atoms with Gasteiger partial charge in [-0.15, -0.1) is 0 Å². The number of anilines is 2. The van der Waals surface area contributed by atoms with Gasteiger partial charge in [0.2, 0.25) is 5.91 Å². The molecule has 1 fully saturated rings. The molecule has 5 aromatic rings. The summed E-state index contributed by atoms with van der Waals surface area (Å²) in [5.41, 5.74) is 9.31. The number of aryl methyl sites for hydroxylation is 1. The third-order valence-corrected chi connectivity index (χ3v) is 7.67. The fraction of sp³-hybridized carbons (Fsp3) is 0.212. The third-order valence-electron chi connectivity index (χ3n) is 7.67. The van der Waals surface area contributed by atoms with E-state index in [1.165, 1.54) is 28.3 Å². The SMILES string of the molecule is Cc1cc(-n2c(=O)n(-c3cccc(N(C)C(=O)/C=C/CN(C)C4CC4)c3)c3ncnc(N)c32)ccc1Oc1ccccc1. The van der Waals surface area contributed by atoms with Crippen LogP contribution >= 0.6 is 0 Å². The fourth-order valence-corrected chi connectivity index (χ4v) is 5.09. The number of fused-ring (bicyclic) bond motifs is 1. The van der Waals surface area contributed by atoms with Crippen LogP contribution in [0.3, 0.4) is 0 Å². The summed E-state index contributed by atoms with van der Waals surface area (Å²) in [7, 11) is 3.78. The first kappa shape index (κ1) is 27.9. The van der Waals surface area contributed by atoms with E-state index in [0.717, 1.165) is 12.1 Å². The molecular weight excluding hydrogens is 542 g/mol.